The third-order valence-electron chi connectivity index (χ3n) is 3.57. The van der Waals surface area contributed by atoms with Gasteiger partial charge in [-0.1, -0.05) is 13.3 Å². The summed E-state index contributed by atoms with van der Waals surface area (Å²) in [5, 5.41) is 0. The maximum absolute atomic E-state index is 5.93. The summed E-state index contributed by atoms with van der Waals surface area (Å²) >= 11 is 0. The van der Waals surface area contributed by atoms with E-state index in [1.165, 1.54) is 12.8 Å². The fraction of sp³-hybridized carbons (Fsp3) is 1.00. The zero-order valence-electron chi connectivity index (χ0n) is 8.88. The lowest BCUT2D eigenvalue weighted by Crippen LogP contribution is -2.27. The van der Waals surface area contributed by atoms with E-state index < -0.39 is 0 Å². The van der Waals surface area contributed by atoms with Crippen LogP contribution in [0.4, 0.5) is 0 Å². The topological polar surface area (TPSA) is 18.5 Å². The first-order valence-corrected chi connectivity index (χ1v) is 5.51. The van der Waals surface area contributed by atoms with Crippen molar-refractivity contribution in [3.05, 3.63) is 0 Å². The van der Waals surface area contributed by atoms with Gasteiger partial charge in [0, 0.05) is 12.8 Å². The summed E-state index contributed by atoms with van der Waals surface area (Å²) in [6.07, 6.45) is 5.29. The van der Waals surface area contributed by atoms with Crippen LogP contribution in [0.3, 0.4) is 0 Å². The Balaban J connectivity index is 2.00. The molecule has 2 heteroatoms. The lowest BCUT2D eigenvalue weighted by atomic mass is 10.1. The highest BCUT2D eigenvalue weighted by atomic mass is 16.8. The van der Waals surface area contributed by atoms with Crippen LogP contribution >= 0.6 is 0 Å². The molecule has 2 fully saturated rings. The molecule has 1 heterocycles. The fourth-order valence-electron chi connectivity index (χ4n) is 2.53. The minimum atomic E-state index is -0.195. The van der Waals surface area contributed by atoms with Gasteiger partial charge in [0.1, 0.15) is 0 Å². The van der Waals surface area contributed by atoms with Gasteiger partial charge in [-0.15, -0.1) is 0 Å². The predicted molar refractivity (Wildman–Crippen MR) is 51.5 cm³/mol. The smallest absolute Gasteiger partial charge is 0.169 e. The van der Waals surface area contributed by atoms with Crippen LogP contribution in [0.2, 0.25) is 0 Å². The summed E-state index contributed by atoms with van der Waals surface area (Å²) in [5.74, 6) is 0.622. The van der Waals surface area contributed by atoms with E-state index in [0.29, 0.717) is 0 Å². The van der Waals surface area contributed by atoms with Crippen molar-refractivity contribution < 1.29 is 9.47 Å². The lowest BCUT2D eigenvalue weighted by Gasteiger charge is -2.22. The van der Waals surface area contributed by atoms with Crippen LogP contribution in [0, 0.1) is 5.92 Å². The molecule has 1 saturated carbocycles. The van der Waals surface area contributed by atoms with E-state index in [0.717, 1.165) is 18.8 Å². The van der Waals surface area contributed by atoms with E-state index in [2.05, 4.69) is 20.8 Å². The summed E-state index contributed by atoms with van der Waals surface area (Å²) in [5.41, 5.74) is 0. The Bertz CT molecular complexity index is 181. The molecule has 2 rings (SSSR count). The Labute approximate surface area is 80.6 Å². The van der Waals surface area contributed by atoms with Crippen molar-refractivity contribution in [1.82, 2.24) is 0 Å². The second-order valence-corrected chi connectivity index (χ2v) is 4.57. The Morgan fingerprint density at radius 3 is 2.31 bits per heavy atom. The third kappa shape index (κ3) is 1.62. The van der Waals surface area contributed by atoms with E-state index in [1.807, 2.05) is 0 Å². The van der Waals surface area contributed by atoms with Crippen molar-refractivity contribution in [3.63, 3.8) is 0 Å². The maximum Gasteiger partial charge on any atom is 0.169 e. The molecular formula is C11H20O2. The van der Waals surface area contributed by atoms with Crippen molar-refractivity contribution in [1.29, 1.82) is 0 Å². The highest BCUT2D eigenvalue weighted by Crippen LogP contribution is 2.45. The van der Waals surface area contributed by atoms with E-state index in [-0.39, 0.29) is 18.0 Å². The van der Waals surface area contributed by atoms with Crippen LogP contribution in [0.15, 0.2) is 0 Å². The first-order chi connectivity index (χ1) is 6.15. The molecule has 1 aliphatic carbocycles. The Kier molecular flexibility index (Phi) is 2.37. The zero-order valence-corrected chi connectivity index (χ0v) is 8.88. The molecule has 1 saturated heterocycles. The van der Waals surface area contributed by atoms with Gasteiger partial charge in [0.25, 0.3) is 0 Å². The Hall–Kier alpha value is -0.0800. The molecule has 0 aromatic carbocycles. The first-order valence-electron chi connectivity index (χ1n) is 5.51. The quantitative estimate of drug-likeness (QED) is 0.624. The molecule has 76 valence electrons. The molecule has 0 aromatic heterocycles. The largest absolute Gasteiger partial charge is 0.344 e. The van der Waals surface area contributed by atoms with Crippen molar-refractivity contribution >= 4 is 0 Å². The minimum Gasteiger partial charge on any atom is -0.344 e. The summed E-state index contributed by atoms with van der Waals surface area (Å²) in [4.78, 5) is 0. The molecule has 2 aliphatic rings. The third-order valence-corrected chi connectivity index (χ3v) is 3.57. The first kappa shape index (κ1) is 9.47. The summed E-state index contributed by atoms with van der Waals surface area (Å²) in [6.45, 7) is 6.48. The Morgan fingerprint density at radius 2 is 1.85 bits per heavy atom. The van der Waals surface area contributed by atoms with Gasteiger partial charge in [0.2, 0.25) is 0 Å². The van der Waals surface area contributed by atoms with E-state index in [4.69, 9.17) is 9.47 Å². The van der Waals surface area contributed by atoms with Gasteiger partial charge in [0.05, 0.1) is 12.2 Å². The monoisotopic (exact) mass is 184 g/mol. The molecule has 0 amide bonds. The van der Waals surface area contributed by atoms with Crippen LogP contribution in [0.1, 0.15) is 46.5 Å². The van der Waals surface area contributed by atoms with Gasteiger partial charge in [-0.3, -0.25) is 0 Å². The molecule has 1 spiro atoms. The maximum atomic E-state index is 5.93. The van der Waals surface area contributed by atoms with Gasteiger partial charge in [-0.05, 0) is 26.2 Å². The van der Waals surface area contributed by atoms with E-state index >= 15 is 0 Å². The molecule has 0 radical (unpaired) electrons. The van der Waals surface area contributed by atoms with Crippen LogP contribution < -0.4 is 0 Å². The van der Waals surface area contributed by atoms with E-state index in [1.54, 1.807) is 0 Å². The zero-order chi connectivity index (χ0) is 9.47. The summed E-state index contributed by atoms with van der Waals surface area (Å²) in [6, 6.07) is 0. The summed E-state index contributed by atoms with van der Waals surface area (Å²) < 4.78 is 11.9. The van der Waals surface area contributed by atoms with Crippen molar-refractivity contribution in [3.8, 4) is 0 Å². The number of rotatable bonds is 1. The number of hydrogen-bond acceptors (Lipinski definition) is 2. The van der Waals surface area contributed by atoms with E-state index in [9.17, 15) is 0 Å². The second kappa shape index (κ2) is 3.25. The second-order valence-electron chi connectivity index (χ2n) is 4.57. The molecule has 0 N–H and O–H groups in total. The standard InChI is InChI=1S/C11H20O2/c1-4-10-5-6-11(7-10)12-8(2)9(3)13-11/h8-10H,4-7H2,1-3H3. The SMILES string of the molecule is CCC1CCC2(C1)OC(C)C(C)O2. The van der Waals surface area contributed by atoms with Crippen molar-refractivity contribution in [2.75, 3.05) is 0 Å². The average molecular weight is 184 g/mol. The Morgan fingerprint density at radius 1 is 1.23 bits per heavy atom. The molecule has 2 nitrogen and oxygen atoms in total. The molecule has 13 heavy (non-hydrogen) atoms. The normalized spacial score (nSPS) is 50.5. The van der Waals surface area contributed by atoms with Crippen LogP contribution in [0.5, 0.6) is 0 Å². The van der Waals surface area contributed by atoms with Gasteiger partial charge in [-0.25, -0.2) is 0 Å². The summed E-state index contributed by atoms with van der Waals surface area (Å²) in [7, 11) is 0. The number of hydrogen-bond donors (Lipinski definition) is 0. The molecule has 0 aromatic rings. The predicted octanol–water partition coefficient (Wildman–Crippen LogP) is 2.72. The van der Waals surface area contributed by atoms with Gasteiger partial charge in [-0.2, -0.15) is 0 Å². The molecular weight excluding hydrogens is 164 g/mol. The van der Waals surface area contributed by atoms with Gasteiger partial charge >= 0.3 is 0 Å². The van der Waals surface area contributed by atoms with Gasteiger partial charge < -0.3 is 9.47 Å². The number of ether oxygens (including phenoxy) is 2. The van der Waals surface area contributed by atoms with Crippen molar-refractivity contribution in [2.24, 2.45) is 5.92 Å². The van der Waals surface area contributed by atoms with Crippen LogP contribution in [-0.4, -0.2) is 18.0 Å². The highest BCUT2D eigenvalue weighted by molar-refractivity contribution is 4.89. The van der Waals surface area contributed by atoms with Crippen molar-refractivity contribution in [2.45, 2.75) is 64.4 Å². The molecule has 0 bridgehead atoms. The van der Waals surface area contributed by atoms with Gasteiger partial charge in [0.15, 0.2) is 5.79 Å². The molecule has 1 aliphatic heterocycles. The van der Waals surface area contributed by atoms with Crippen LogP contribution in [-0.2, 0) is 9.47 Å². The molecule has 3 atom stereocenters. The highest BCUT2D eigenvalue weighted by Gasteiger charge is 2.48. The molecule has 3 unspecified atom stereocenters. The minimum absolute atomic E-state index is 0.195. The lowest BCUT2D eigenvalue weighted by molar-refractivity contribution is -0.169. The van der Waals surface area contributed by atoms with Crippen LogP contribution in [0.25, 0.3) is 0 Å². The fourth-order valence-corrected chi connectivity index (χ4v) is 2.53. The average Bonchev–Trinajstić information content (AvgIpc) is 2.59.